The van der Waals surface area contributed by atoms with Crippen molar-refractivity contribution >= 4 is 12.2 Å². The second kappa shape index (κ2) is 5.04. The zero-order valence-corrected chi connectivity index (χ0v) is 7.77. The fraction of sp³-hybridized carbons (Fsp3) is 0.111. The molecular formula is C9H10F2N4. The van der Waals surface area contributed by atoms with Gasteiger partial charge in [0.2, 0.25) is 5.96 Å². The maximum atomic E-state index is 12.2. The van der Waals surface area contributed by atoms with Crippen molar-refractivity contribution in [3.63, 3.8) is 0 Å². The summed E-state index contributed by atoms with van der Waals surface area (Å²) in [6, 6.07) is 5.66. The van der Waals surface area contributed by atoms with Crippen LogP contribution in [0.5, 0.6) is 0 Å². The third-order valence-corrected chi connectivity index (χ3v) is 1.57. The zero-order chi connectivity index (χ0) is 11.3. The molecule has 6 heteroatoms. The van der Waals surface area contributed by atoms with Gasteiger partial charge in [0.1, 0.15) is 0 Å². The molecule has 15 heavy (non-hydrogen) atoms. The predicted molar refractivity (Wildman–Crippen MR) is 54.8 cm³/mol. The van der Waals surface area contributed by atoms with Crippen LogP contribution in [0.15, 0.2) is 34.5 Å². The van der Waals surface area contributed by atoms with Crippen LogP contribution in [0, 0.1) is 0 Å². The Bertz CT molecular complexity index is 366. The molecule has 0 radical (unpaired) electrons. The zero-order valence-electron chi connectivity index (χ0n) is 7.77. The van der Waals surface area contributed by atoms with Gasteiger partial charge in [-0.25, -0.2) is 8.78 Å². The number of guanidine groups is 1. The van der Waals surface area contributed by atoms with E-state index in [1.807, 2.05) is 0 Å². The Hall–Kier alpha value is -1.98. The molecule has 0 bridgehead atoms. The molecular weight excluding hydrogens is 202 g/mol. The van der Waals surface area contributed by atoms with Gasteiger partial charge in [0.25, 0.3) is 6.43 Å². The molecule has 0 fully saturated rings. The van der Waals surface area contributed by atoms with Crippen LogP contribution in [-0.4, -0.2) is 12.2 Å². The van der Waals surface area contributed by atoms with Gasteiger partial charge < -0.3 is 11.5 Å². The largest absolute Gasteiger partial charge is 0.369 e. The van der Waals surface area contributed by atoms with E-state index >= 15 is 0 Å². The highest BCUT2D eigenvalue weighted by Crippen LogP contribution is 2.18. The SMILES string of the molecule is NC(N)=N/N=C/c1ccc(C(F)F)cc1. The number of halogens is 2. The van der Waals surface area contributed by atoms with Crippen LogP contribution in [-0.2, 0) is 0 Å². The Morgan fingerprint density at radius 2 is 1.80 bits per heavy atom. The summed E-state index contributed by atoms with van der Waals surface area (Å²) in [5.74, 6) is -0.157. The molecule has 0 saturated heterocycles. The third-order valence-electron chi connectivity index (χ3n) is 1.57. The van der Waals surface area contributed by atoms with Gasteiger partial charge in [-0.2, -0.15) is 5.10 Å². The molecule has 0 atom stereocenters. The molecule has 0 spiro atoms. The fourth-order valence-electron chi connectivity index (χ4n) is 0.890. The Morgan fingerprint density at radius 3 is 2.27 bits per heavy atom. The molecule has 0 amide bonds. The van der Waals surface area contributed by atoms with Gasteiger partial charge in [0, 0.05) is 5.56 Å². The van der Waals surface area contributed by atoms with E-state index in [-0.39, 0.29) is 11.5 Å². The van der Waals surface area contributed by atoms with Crippen molar-refractivity contribution in [3.8, 4) is 0 Å². The van der Waals surface area contributed by atoms with E-state index < -0.39 is 6.43 Å². The smallest absolute Gasteiger partial charge is 0.263 e. The molecule has 4 nitrogen and oxygen atoms in total. The molecule has 0 unspecified atom stereocenters. The van der Waals surface area contributed by atoms with Crippen molar-refractivity contribution in [1.82, 2.24) is 0 Å². The van der Waals surface area contributed by atoms with Crippen LogP contribution < -0.4 is 11.5 Å². The maximum absolute atomic E-state index is 12.2. The van der Waals surface area contributed by atoms with E-state index in [9.17, 15) is 8.78 Å². The molecule has 4 N–H and O–H groups in total. The summed E-state index contributed by atoms with van der Waals surface area (Å²) in [5.41, 5.74) is 10.7. The molecule has 1 aromatic carbocycles. The number of alkyl halides is 2. The van der Waals surface area contributed by atoms with Crippen molar-refractivity contribution in [3.05, 3.63) is 35.4 Å². The first kappa shape index (κ1) is 11.1. The van der Waals surface area contributed by atoms with Crippen molar-refractivity contribution < 1.29 is 8.78 Å². The van der Waals surface area contributed by atoms with Gasteiger partial charge in [-0.05, 0) is 5.56 Å². The minimum absolute atomic E-state index is 0.0333. The number of hydrogen-bond acceptors (Lipinski definition) is 2. The van der Waals surface area contributed by atoms with E-state index in [0.29, 0.717) is 5.56 Å². The monoisotopic (exact) mass is 212 g/mol. The van der Waals surface area contributed by atoms with E-state index in [2.05, 4.69) is 10.2 Å². The minimum atomic E-state index is -2.46. The minimum Gasteiger partial charge on any atom is -0.369 e. The Morgan fingerprint density at radius 1 is 1.20 bits per heavy atom. The third kappa shape index (κ3) is 3.72. The normalized spacial score (nSPS) is 10.9. The highest BCUT2D eigenvalue weighted by molar-refractivity contribution is 5.81. The first-order valence-corrected chi connectivity index (χ1v) is 4.09. The molecule has 80 valence electrons. The summed E-state index contributed by atoms with van der Waals surface area (Å²) in [6.45, 7) is 0. The van der Waals surface area contributed by atoms with Crippen molar-refractivity contribution in [2.75, 3.05) is 0 Å². The van der Waals surface area contributed by atoms with Crippen LogP contribution in [0.2, 0.25) is 0 Å². The lowest BCUT2D eigenvalue weighted by Gasteiger charge is -1.98. The lowest BCUT2D eigenvalue weighted by atomic mass is 10.1. The van der Waals surface area contributed by atoms with Crippen LogP contribution in [0.25, 0.3) is 0 Å². The highest BCUT2D eigenvalue weighted by Gasteiger charge is 2.04. The molecule has 0 aliphatic rings. The van der Waals surface area contributed by atoms with Crippen molar-refractivity contribution in [1.29, 1.82) is 0 Å². The maximum Gasteiger partial charge on any atom is 0.263 e. The fourth-order valence-corrected chi connectivity index (χ4v) is 0.890. The van der Waals surface area contributed by atoms with Gasteiger partial charge in [-0.1, -0.05) is 24.3 Å². The van der Waals surface area contributed by atoms with Gasteiger partial charge in [0.15, 0.2) is 0 Å². The summed E-state index contributed by atoms with van der Waals surface area (Å²) in [7, 11) is 0. The highest BCUT2D eigenvalue weighted by atomic mass is 19.3. The van der Waals surface area contributed by atoms with Gasteiger partial charge in [-0.3, -0.25) is 0 Å². The average Bonchev–Trinajstić information content (AvgIpc) is 2.18. The van der Waals surface area contributed by atoms with Crippen molar-refractivity contribution in [2.24, 2.45) is 21.7 Å². The summed E-state index contributed by atoms with van der Waals surface area (Å²) in [6.07, 6.45) is -1.09. The number of nitrogens with zero attached hydrogens (tertiary/aromatic N) is 2. The predicted octanol–water partition coefficient (Wildman–Crippen LogP) is 1.23. The Kier molecular flexibility index (Phi) is 3.73. The lowest BCUT2D eigenvalue weighted by molar-refractivity contribution is 0.151. The second-order valence-corrected chi connectivity index (χ2v) is 2.74. The standard InChI is InChI=1S/C9H10F2N4/c10-8(11)7-3-1-6(2-4-7)5-14-15-9(12)13/h1-5,8H,(H4,12,13,15)/b14-5+. The molecule has 0 aliphatic heterocycles. The second-order valence-electron chi connectivity index (χ2n) is 2.74. The van der Waals surface area contributed by atoms with E-state index in [4.69, 9.17) is 11.5 Å². The summed E-state index contributed by atoms with van der Waals surface area (Å²) >= 11 is 0. The van der Waals surface area contributed by atoms with Crippen molar-refractivity contribution in [2.45, 2.75) is 6.43 Å². The summed E-state index contributed by atoms with van der Waals surface area (Å²) in [4.78, 5) is 0. The Balaban J connectivity index is 2.73. The average molecular weight is 212 g/mol. The number of benzene rings is 1. The van der Waals surface area contributed by atoms with Gasteiger partial charge in [0.05, 0.1) is 6.21 Å². The number of rotatable bonds is 3. The molecule has 0 saturated carbocycles. The molecule has 0 aliphatic carbocycles. The lowest BCUT2D eigenvalue weighted by Crippen LogP contribution is -2.21. The van der Waals surface area contributed by atoms with E-state index in [1.54, 1.807) is 0 Å². The topological polar surface area (TPSA) is 76.8 Å². The molecule has 0 aromatic heterocycles. The first-order valence-electron chi connectivity index (χ1n) is 4.09. The van der Waals surface area contributed by atoms with Crippen LogP contribution >= 0.6 is 0 Å². The van der Waals surface area contributed by atoms with E-state index in [0.717, 1.165) is 0 Å². The first-order chi connectivity index (χ1) is 7.09. The van der Waals surface area contributed by atoms with Gasteiger partial charge >= 0.3 is 0 Å². The Labute approximate surface area is 85.3 Å². The quantitative estimate of drug-likeness (QED) is 0.449. The molecule has 1 aromatic rings. The number of nitrogens with two attached hydrogens (primary N) is 2. The van der Waals surface area contributed by atoms with E-state index in [1.165, 1.54) is 30.5 Å². The van der Waals surface area contributed by atoms with Gasteiger partial charge in [-0.15, -0.1) is 5.10 Å². The summed E-state index contributed by atoms with van der Waals surface area (Å²) in [5, 5.41) is 6.91. The molecule has 0 heterocycles. The van der Waals surface area contributed by atoms with Crippen LogP contribution in [0.1, 0.15) is 17.6 Å². The number of hydrogen-bond donors (Lipinski definition) is 2. The molecule has 1 rings (SSSR count). The van der Waals surface area contributed by atoms with Crippen LogP contribution in [0.4, 0.5) is 8.78 Å². The van der Waals surface area contributed by atoms with Crippen LogP contribution in [0.3, 0.4) is 0 Å². The summed E-state index contributed by atoms with van der Waals surface area (Å²) < 4.78 is 24.3.